The molecule has 1 nitrogen and oxygen atoms in total. The van der Waals surface area contributed by atoms with Crippen LogP contribution in [0.1, 0.15) is 28.2 Å². The van der Waals surface area contributed by atoms with Crippen LogP contribution in [-0.4, -0.2) is 4.98 Å². The predicted octanol–water partition coefficient (Wildman–Crippen LogP) is 6.32. The maximum Gasteiger partial charge on any atom is 0.0486 e. The van der Waals surface area contributed by atoms with E-state index in [0.29, 0.717) is 0 Å². The Balaban J connectivity index is 1.83. The van der Waals surface area contributed by atoms with E-state index in [9.17, 15) is 0 Å². The average molecular weight is 323 g/mol. The largest absolute Gasteiger partial charge is 0.361 e. The number of aromatic nitrogens is 1. The number of aromatic amines is 1. The van der Waals surface area contributed by atoms with Crippen LogP contribution in [0.4, 0.5) is 0 Å². The van der Waals surface area contributed by atoms with Crippen molar-refractivity contribution < 1.29 is 0 Å². The normalized spacial score (nSPS) is 12.7. The third kappa shape index (κ3) is 3.14. The van der Waals surface area contributed by atoms with E-state index in [4.69, 9.17) is 0 Å². The van der Waals surface area contributed by atoms with Gasteiger partial charge >= 0.3 is 0 Å². The van der Waals surface area contributed by atoms with Gasteiger partial charge in [0.2, 0.25) is 0 Å². The third-order valence-corrected chi connectivity index (χ3v) is 4.73. The van der Waals surface area contributed by atoms with Crippen molar-refractivity contribution in [3.05, 3.63) is 113 Å². The van der Waals surface area contributed by atoms with Crippen LogP contribution in [0.2, 0.25) is 0 Å². The van der Waals surface area contributed by atoms with Crippen LogP contribution in [0.25, 0.3) is 17.0 Å². The second-order valence-electron chi connectivity index (χ2n) is 6.40. The summed E-state index contributed by atoms with van der Waals surface area (Å²) < 4.78 is 0. The highest BCUT2D eigenvalue weighted by molar-refractivity contribution is 5.87. The summed E-state index contributed by atoms with van der Waals surface area (Å²) in [5, 5.41) is 1.30. The standard InChI is InChI=1S/C24H21N/c1-18-9-8-14-22-23(17-25-24(18)22)21(20-12-6-3-7-13-20)16-15-19-10-4-2-5-11-19/h2-17,21,25H,1H3/b16-15+/t21-/m0/s1. The van der Waals surface area contributed by atoms with Gasteiger partial charge in [-0.25, -0.2) is 0 Å². The van der Waals surface area contributed by atoms with Crippen molar-refractivity contribution in [2.24, 2.45) is 0 Å². The lowest BCUT2D eigenvalue weighted by Gasteiger charge is -2.13. The molecule has 0 aliphatic rings. The lowest BCUT2D eigenvalue weighted by atomic mass is 9.90. The number of nitrogens with one attached hydrogen (secondary N) is 1. The molecule has 0 fully saturated rings. The van der Waals surface area contributed by atoms with Crippen molar-refractivity contribution in [2.45, 2.75) is 12.8 Å². The molecular formula is C24H21N. The number of hydrogen-bond donors (Lipinski definition) is 1. The summed E-state index contributed by atoms with van der Waals surface area (Å²) in [7, 11) is 0. The minimum atomic E-state index is 0.219. The molecule has 25 heavy (non-hydrogen) atoms. The van der Waals surface area contributed by atoms with Gasteiger partial charge in [0.15, 0.2) is 0 Å². The summed E-state index contributed by atoms with van der Waals surface area (Å²) >= 11 is 0. The van der Waals surface area contributed by atoms with Crippen molar-refractivity contribution in [1.29, 1.82) is 0 Å². The van der Waals surface area contributed by atoms with E-state index < -0.39 is 0 Å². The van der Waals surface area contributed by atoms with E-state index in [-0.39, 0.29) is 5.92 Å². The van der Waals surface area contributed by atoms with Gasteiger partial charge < -0.3 is 4.98 Å². The topological polar surface area (TPSA) is 15.8 Å². The number of H-pyrrole nitrogens is 1. The molecule has 1 N–H and O–H groups in total. The molecule has 0 saturated carbocycles. The Morgan fingerprint density at radius 1 is 0.800 bits per heavy atom. The van der Waals surface area contributed by atoms with Gasteiger partial charge in [0.05, 0.1) is 0 Å². The molecule has 0 amide bonds. The second-order valence-corrected chi connectivity index (χ2v) is 6.40. The third-order valence-electron chi connectivity index (χ3n) is 4.73. The summed E-state index contributed by atoms with van der Waals surface area (Å²) in [6.07, 6.45) is 6.67. The molecular weight excluding hydrogens is 302 g/mol. The fourth-order valence-electron chi connectivity index (χ4n) is 3.41. The highest BCUT2D eigenvalue weighted by Gasteiger charge is 2.15. The number of hydrogen-bond acceptors (Lipinski definition) is 0. The Kier molecular flexibility index (Phi) is 4.22. The molecule has 0 spiro atoms. The first kappa shape index (κ1) is 15.5. The summed E-state index contributed by atoms with van der Waals surface area (Å²) in [6.45, 7) is 2.15. The average Bonchev–Trinajstić information content (AvgIpc) is 3.09. The Bertz CT molecular complexity index is 994. The van der Waals surface area contributed by atoms with Crippen LogP contribution < -0.4 is 0 Å². The zero-order chi connectivity index (χ0) is 17.1. The van der Waals surface area contributed by atoms with Gasteiger partial charge in [-0.15, -0.1) is 0 Å². The minimum Gasteiger partial charge on any atom is -0.361 e. The molecule has 1 heterocycles. The number of allylic oxidation sites excluding steroid dienone is 1. The fraction of sp³-hybridized carbons (Fsp3) is 0.0833. The summed E-state index contributed by atoms with van der Waals surface area (Å²) in [5.41, 5.74) is 6.35. The molecule has 4 aromatic rings. The van der Waals surface area contributed by atoms with Gasteiger partial charge in [-0.3, -0.25) is 0 Å². The van der Waals surface area contributed by atoms with E-state index >= 15 is 0 Å². The van der Waals surface area contributed by atoms with Gasteiger partial charge in [0.25, 0.3) is 0 Å². The molecule has 0 unspecified atom stereocenters. The van der Waals surface area contributed by atoms with Crippen molar-refractivity contribution in [2.75, 3.05) is 0 Å². The molecule has 0 radical (unpaired) electrons. The van der Waals surface area contributed by atoms with Crippen molar-refractivity contribution in [1.82, 2.24) is 4.98 Å². The first-order valence-corrected chi connectivity index (χ1v) is 8.68. The molecule has 1 atom stereocenters. The lowest BCUT2D eigenvalue weighted by Crippen LogP contribution is -1.96. The van der Waals surface area contributed by atoms with Crippen molar-refractivity contribution in [3.63, 3.8) is 0 Å². The van der Waals surface area contributed by atoms with Crippen LogP contribution in [-0.2, 0) is 0 Å². The number of rotatable bonds is 4. The van der Waals surface area contributed by atoms with Crippen LogP contribution in [0.15, 0.2) is 91.1 Å². The Labute approximate surface area is 148 Å². The lowest BCUT2D eigenvalue weighted by molar-refractivity contribution is 1.04. The summed E-state index contributed by atoms with van der Waals surface area (Å²) in [5.74, 6) is 0.219. The molecule has 3 aromatic carbocycles. The predicted molar refractivity (Wildman–Crippen MR) is 107 cm³/mol. The van der Waals surface area contributed by atoms with E-state index in [2.05, 4.69) is 109 Å². The van der Waals surface area contributed by atoms with Crippen molar-refractivity contribution >= 4 is 17.0 Å². The van der Waals surface area contributed by atoms with Crippen LogP contribution in [0, 0.1) is 6.92 Å². The number of fused-ring (bicyclic) bond motifs is 1. The van der Waals surface area contributed by atoms with Gasteiger partial charge in [-0.05, 0) is 29.2 Å². The van der Waals surface area contributed by atoms with Crippen molar-refractivity contribution in [3.8, 4) is 0 Å². The van der Waals surface area contributed by atoms with E-state index in [1.807, 2.05) is 0 Å². The van der Waals surface area contributed by atoms with E-state index in [1.54, 1.807) is 0 Å². The fourth-order valence-corrected chi connectivity index (χ4v) is 3.41. The molecule has 0 aliphatic heterocycles. The number of aryl methyl sites for hydroxylation is 1. The van der Waals surface area contributed by atoms with Crippen LogP contribution >= 0.6 is 0 Å². The summed E-state index contributed by atoms with van der Waals surface area (Å²) in [6, 6.07) is 27.7. The Morgan fingerprint density at radius 3 is 2.28 bits per heavy atom. The van der Waals surface area contributed by atoms with Gasteiger partial charge in [0.1, 0.15) is 0 Å². The quantitative estimate of drug-likeness (QED) is 0.452. The first-order valence-electron chi connectivity index (χ1n) is 8.68. The summed E-state index contributed by atoms with van der Waals surface area (Å²) in [4.78, 5) is 3.47. The zero-order valence-corrected chi connectivity index (χ0v) is 14.3. The van der Waals surface area contributed by atoms with Crippen LogP contribution in [0.3, 0.4) is 0 Å². The maximum absolute atomic E-state index is 3.47. The first-order chi connectivity index (χ1) is 12.3. The van der Waals surface area contributed by atoms with Gasteiger partial charge in [-0.1, -0.05) is 91.0 Å². The highest BCUT2D eigenvalue weighted by Crippen LogP contribution is 2.33. The molecule has 1 aromatic heterocycles. The monoisotopic (exact) mass is 323 g/mol. The van der Waals surface area contributed by atoms with Crippen LogP contribution in [0.5, 0.6) is 0 Å². The second kappa shape index (κ2) is 6.82. The van der Waals surface area contributed by atoms with E-state index in [1.165, 1.54) is 33.2 Å². The smallest absolute Gasteiger partial charge is 0.0486 e. The Hall–Kier alpha value is -3.06. The molecule has 1 heteroatoms. The maximum atomic E-state index is 3.47. The van der Waals surface area contributed by atoms with E-state index in [0.717, 1.165) is 0 Å². The number of benzene rings is 3. The molecule has 0 aliphatic carbocycles. The highest BCUT2D eigenvalue weighted by atomic mass is 14.7. The number of para-hydroxylation sites is 1. The zero-order valence-electron chi connectivity index (χ0n) is 14.3. The molecule has 0 saturated heterocycles. The molecule has 4 rings (SSSR count). The van der Waals surface area contributed by atoms with Gasteiger partial charge in [-0.2, -0.15) is 0 Å². The SMILES string of the molecule is Cc1cccc2c([C@@H](/C=C/c3ccccc3)c3ccccc3)c[nH]c12. The molecule has 0 bridgehead atoms. The Morgan fingerprint density at radius 2 is 1.52 bits per heavy atom. The molecule has 122 valence electrons. The van der Waals surface area contributed by atoms with Gasteiger partial charge in [0, 0.05) is 23.0 Å². The minimum absolute atomic E-state index is 0.219.